The van der Waals surface area contributed by atoms with Crippen LogP contribution in [0.5, 0.6) is 17.2 Å². The molecule has 5 heteroatoms. The van der Waals surface area contributed by atoms with Gasteiger partial charge in [0.25, 0.3) is 5.91 Å². The average molecular weight is 384 g/mol. The van der Waals surface area contributed by atoms with E-state index < -0.39 is 0 Å². The fourth-order valence-corrected chi connectivity index (χ4v) is 3.05. The molecule has 5 nitrogen and oxygen atoms in total. The Kier molecular flexibility index (Phi) is 5.38. The van der Waals surface area contributed by atoms with Gasteiger partial charge in [0.1, 0.15) is 17.2 Å². The van der Waals surface area contributed by atoms with Crippen molar-refractivity contribution in [3.63, 3.8) is 0 Å². The van der Waals surface area contributed by atoms with Crippen molar-refractivity contribution in [3.05, 3.63) is 96.2 Å². The van der Waals surface area contributed by atoms with Crippen molar-refractivity contribution in [2.45, 2.75) is 6.54 Å². The SMILES string of the molecule is COc1cccc(CNC(=O)c2cccc(Oc3ccnc4ccccc34)c2)c1. The van der Waals surface area contributed by atoms with Gasteiger partial charge in [-0.3, -0.25) is 9.78 Å². The summed E-state index contributed by atoms with van der Waals surface area (Å²) in [5.41, 5.74) is 2.36. The van der Waals surface area contributed by atoms with Crippen molar-refractivity contribution in [2.24, 2.45) is 0 Å². The van der Waals surface area contributed by atoms with Crippen LogP contribution in [0.2, 0.25) is 0 Å². The Morgan fingerprint density at radius 3 is 2.66 bits per heavy atom. The molecule has 4 aromatic rings. The summed E-state index contributed by atoms with van der Waals surface area (Å²) in [5.74, 6) is 1.88. The lowest BCUT2D eigenvalue weighted by Crippen LogP contribution is -2.22. The molecule has 0 aliphatic heterocycles. The lowest BCUT2D eigenvalue weighted by atomic mass is 10.1. The molecule has 0 aliphatic carbocycles. The number of para-hydroxylation sites is 1. The second-order valence-corrected chi connectivity index (χ2v) is 6.49. The molecule has 0 saturated heterocycles. The van der Waals surface area contributed by atoms with Gasteiger partial charge in [0.15, 0.2) is 0 Å². The first-order valence-corrected chi connectivity index (χ1v) is 9.26. The van der Waals surface area contributed by atoms with Crippen molar-refractivity contribution in [3.8, 4) is 17.2 Å². The van der Waals surface area contributed by atoms with Crippen LogP contribution in [0, 0.1) is 0 Å². The highest BCUT2D eigenvalue weighted by Crippen LogP contribution is 2.29. The maximum atomic E-state index is 12.6. The lowest BCUT2D eigenvalue weighted by molar-refractivity contribution is 0.0950. The van der Waals surface area contributed by atoms with Gasteiger partial charge in [-0.05, 0) is 54.1 Å². The van der Waals surface area contributed by atoms with Gasteiger partial charge in [0, 0.05) is 23.7 Å². The molecule has 0 aliphatic rings. The van der Waals surface area contributed by atoms with Crippen LogP contribution in [0.15, 0.2) is 85.1 Å². The number of aromatic nitrogens is 1. The second kappa shape index (κ2) is 8.44. The normalized spacial score (nSPS) is 10.5. The van der Waals surface area contributed by atoms with Crippen molar-refractivity contribution < 1.29 is 14.3 Å². The molecule has 3 aromatic carbocycles. The Morgan fingerprint density at radius 1 is 0.931 bits per heavy atom. The number of carbonyl (C=O) groups excluding carboxylic acids is 1. The maximum absolute atomic E-state index is 12.6. The Bertz CT molecular complexity index is 1150. The van der Waals surface area contributed by atoms with E-state index in [1.54, 1.807) is 31.5 Å². The Morgan fingerprint density at radius 2 is 1.76 bits per heavy atom. The maximum Gasteiger partial charge on any atom is 0.251 e. The molecule has 4 rings (SSSR count). The molecular formula is C24H20N2O3. The van der Waals surface area contributed by atoms with Crippen LogP contribution >= 0.6 is 0 Å². The third kappa shape index (κ3) is 4.35. The molecule has 1 amide bonds. The van der Waals surface area contributed by atoms with E-state index in [4.69, 9.17) is 9.47 Å². The molecule has 144 valence electrons. The third-order valence-electron chi connectivity index (χ3n) is 4.52. The van der Waals surface area contributed by atoms with Gasteiger partial charge >= 0.3 is 0 Å². The van der Waals surface area contributed by atoms with Crippen LogP contribution in [-0.2, 0) is 6.54 Å². The molecule has 0 saturated carbocycles. The van der Waals surface area contributed by atoms with E-state index >= 15 is 0 Å². The van der Waals surface area contributed by atoms with E-state index in [1.807, 2.05) is 60.7 Å². The molecule has 1 N–H and O–H groups in total. The highest BCUT2D eigenvalue weighted by atomic mass is 16.5. The monoisotopic (exact) mass is 384 g/mol. The lowest BCUT2D eigenvalue weighted by Gasteiger charge is -2.10. The number of hydrogen-bond acceptors (Lipinski definition) is 4. The first-order valence-electron chi connectivity index (χ1n) is 9.26. The number of nitrogens with zero attached hydrogens (tertiary/aromatic N) is 1. The smallest absolute Gasteiger partial charge is 0.251 e. The van der Waals surface area contributed by atoms with E-state index in [2.05, 4.69) is 10.3 Å². The minimum absolute atomic E-state index is 0.169. The van der Waals surface area contributed by atoms with Gasteiger partial charge in [-0.25, -0.2) is 0 Å². The van der Waals surface area contributed by atoms with Crippen molar-refractivity contribution in [1.82, 2.24) is 10.3 Å². The molecule has 1 heterocycles. The molecule has 0 spiro atoms. The summed E-state index contributed by atoms with van der Waals surface area (Å²) in [7, 11) is 1.62. The zero-order valence-corrected chi connectivity index (χ0v) is 16.0. The number of pyridine rings is 1. The zero-order chi connectivity index (χ0) is 20.1. The first-order chi connectivity index (χ1) is 14.2. The summed E-state index contributed by atoms with van der Waals surface area (Å²) in [6.07, 6.45) is 1.71. The summed E-state index contributed by atoms with van der Waals surface area (Å²) in [5, 5.41) is 3.85. The van der Waals surface area contributed by atoms with Gasteiger partial charge in [0.05, 0.1) is 12.6 Å². The Hall–Kier alpha value is -3.86. The number of amides is 1. The summed E-state index contributed by atoms with van der Waals surface area (Å²) in [4.78, 5) is 16.9. The number of ether oxygens (including phenoxy) is 2. The van der Waals surface area contributed by atoms with Gasteiger partial charge in [-0.15, -0.1) is 0 Å². The molecule has 0 fully saturated rings. The number of hydrogen-bond donors (Lipinski definition) is 1. The van der Waals surface area contributed by atoms with Gasteiger partial charge < -0.3 is 14.8 Å². The number of benzene rings is 3. The summed E-state index contributed by atoms with van der Waals surface area (Å²) >= 11 is 0. The molecule has 0 bridgehead atoms. The predicted octanol–water partition coefficient (Wildman–Crippen LogP) is 4.97. The zero-order valence-electron chi connectivity index (χ0n) is 16.0. The van der Waals surface area contributed by atoms with Crippen LogP contribution in [0.4, 0.5) is 0 Å². The van der Waals surface area contributed by atoms with Gasteiger partial charge in [-0.2, -0.15) is 0 Å². The van der Waals surface area contributed by atoms with E-state index in [-0.39, 0.29) is 5.91 Å². The Balaban J connectivity index is 1.48. The standard InChI is InChI=1S/C24H20N2O3/c1-28-19-8-4-6-17(14-19)16-26-24(27)18-7-5-9-20(15-18)29-23-12-13-25-22-11-3-2-10-21(22)23/h2-15H,16H2,1H3,(H,26,27). The van der Waals surface area contributed by atoms with Gasteiger partial charge in [-0.1, -0.05) is 30.3 Å². The topological polar surface area (TPSA) is 60.5 Å². The average Bonchev–Trinajstić information content (AvgIpc) is 2.78. The number of methoxy groups -OCH3 is 1. The summed E-state index contributed by atoms with van der Waals surface area (Å²) in [6.45, 7) is 0.413. The molecule has 0 unspecified atom stereocenters. The predicted molar refractivity (Wildman–Crippen MR) is 112 cm³/mol. The fraction of sp³-hybridized carbons (Fsp3) is 0.0833. The number of rotatable bonds is 6. The third-order valence-corrected chi connectivity index (χ3v) is 4.52. The number of carbonyl (C=O) groups is 1. The van der Waals surface area contributed by atoms with Crippen molar-refractivity contribution in [1.29, 1.82) is 0 Å². The van der Waals surface area contributed by atoms with E-state index in [9.17, 15) is 4.79 Å². The fourth-order valence-electron chi connectivity index (χ4n) is 3.05. The van der Waals surface area contributed by atoms with E-state index in [1.165, 1.54) is 0 Å². The minimum Gasteiger partial charge on any atom is -0.497 e. The largest absolute Gasteiger partial charge is 0.497 e. The Labute approximate surface area is 168 Å². The molecule has 0 atom stereocenters. The minimum atomic E-state index is -0.169. The van der Waals surface area contributed by atoms with Gasteiger partial charge in [0.2, 0.25) is 0 Å². The van der Waals surface area contributed by atoms with E-state index in [0.717, 1.165) is 22.2 Å². The summed E-state index contributed by atoms with van der Waals surface area (Å²) < 4.78 is 11.3. The highest BCUT2D eigenvalue weighted by Gasteiger charge is 2.09. The second-order valence-electron chi connectivity index (χ2n) is 6.49. The molecule has 0 radical (unpaired) electrons. The quantitative estimate of drug-likeness (QED) is 0.510. The van der Waals surface area contributed by atoms with Crippen molar-refractivity contribution in [2.75, 3.05) is 7.11 Å². The highest BCUT2D eigenvalue weighted by molar-refractivity contribution is 5.94. The number of fused-ring (bicyclic) bond motifs is 1. The molecular weight excluding hydrogens is 364 g/mol. The van der Waals surface area contributed by atoms with Crippen LogP contribution in [0.3, 0.4) is 0 Å². The first kappa shape index (κ1) is 18.5. The van der Waals surface area contributed by atoms with Crippen LogP contribution < -0.4 is 14.8 Å². The molecule has 1 aromatic heterocycles. The van der Waals surface area contributed by atoms with E-state index in [0.29, 0.717) is 23.6 Å². The van der Waals surface area contributed by atoms with Crippen LogP contribution in [0.25, 0.3) is 10.9 Å². The van der Waals surface area contributed by atoms with Crippen LogP contribution in [0.1, 0.15) is 15.9 Å². The number of nitrogens with one attached hydrogen (secondary N) is 1. The van der Waals surface area contributed by atoms with Crippen LogP contribution in [-0.4, -0.2) is 18.0 Å². The van der Waals surface area contributed by atoms with Crippen molar-refractivity contribution >= 4 is 16.8 Å². The molecule has 29 heavy (non-hydrogen) atoms. The summed E-state index contributed by atoms with van der Waals surface area (Å²) in [6, 6.07) is 24.3.